The van der Waals surface area contributed by atoms with Gasteiger partial charge in [0.15, 0.2) is 0 Å². The van der Waals surface area contributed by atoms with Gasteiger partial charge in [0.05, 0.1) is 5.54 Å². The molecule has 0 radical (unpaired) electrons. The molecule has 23 heavy (non-hydrogen) atoms. The third kappa shape index (κ3) is 2.54. The molecule has 4 rings (SSSR count). The van der Waals surface area contributed by atoms with Crippen LogP contribution in [0.3, 0.4) is 0 Å². The second-order valence-corrected chi connectivity index (χ2v) is 6.49. The molecular weight excluding hydrogens is 292 g/mol. The van der Waals surface area contributed by atoms with Gasteiger partial charge in [-0.1, -0.05) is 18.2 Å². The number of nitrogens with one attached hydrogen (secondary N) is 3. The van der Waals surface area contributed by atoms with E-state index in [1.165, 1.54) is 0 Å². The molecule has 1 aromatic heterocycles. The van der Waals surface area contributed by atoms with Crippen LogP contribution in [0.25, 0.3) is 10.9 Å². The SMILES string of the molecule is O=C1CC2(CNC2)N(Cc2cc3ccccc3[nH]c2=O)CCN1. The predicted octanol–water partition coefficient (Wildman–Crippen LogP) is 0.192. The Morgan fingerprint density at radius 2 is 2.00 bits per heavy atom. The van der Waals surface area contributed by atoms with E-state index in [4.69, 9.17) is 0 Å². The Kier molecular flexibility index (Phi) is 3.43. The van der Waals surface area contributed by atoms with Crippen LogP contribution in [-0.4, -0.2) is 47.5 Å². The van der Waals surface area contributed by atoms with E-state index < -0.39 is 0 Å². The maximum Gasteiger partial charge on any atom is 0.252 e. The van der Waals surface area contributed by atoms with Crippen molar-refractivity contribution in [2.75, 3.05) is 26.2 Å². The number of nitrogens with zero attached hydrogens (tertiary/aromatic N) is 1. The van der Waals surface area contributed by atoms with Gasteiger partial charge in [0.25, 0.3) is 5.56 Å². The highest BCUT2D eigenvalue weighted by molar-refractivity contribution is 5.79. The Morgan fingerprint density at radius 1 is 1.17 bits per heavy atom. The minimum Gasteiger partial charge on any atom is -0.355 e. The molecule has 3 N–H and O–H groups in total. The van der Waals surface area contributed by atoms with E-state index in [2.05, 4.69) is 20.5 Å². The molecule has 2 aliphatic heterocycles. The minimum absolute atomic E-state index is 0.0466. The van der Waals surface area contributed by atoms with E-state index in [1.54, 1.807) is 0 Å². The molecule has 120 valence electrons. The summed E-state index contributed by atoms with van der Waals surface area (Å²) in [7, 11) is 0. The van der Waals surface area contributed by atoms with Crippen LogP contribution in [0.1, 0.15) is 12.0 Å². The van der Waals surface area contributed by atoms with Gasteiger partial charge < -0.3 is 15.6 Å². The van der Waals surface area contributed by atoms with E-state index >= 15 is 0 Å². The molecule has 2 aromatic rings. The fraction of sp³-hybridized carbons (Fsp3) is 0.412. The number of H-pyrrole nitrogens is 1. The monoisotopic (exact) mass is 312 g/mol. The first-order valence-corrected chi connectivity index (χ1v) is 8.00. The number of carbonyl (C=O) groups excluding carboxylic acids is 1. The van der Waals surface area contributed by atoms with Crippen molar-refractivity contribution < 1.29 is 4.79 Å². The van der Waals surface area contributed by atoms with Gasteiger partial charge in [0.2, 0.25) is 5.91 Å². The smallest absolute Gasteiger partial charge is 0.252 e. The van der Waals surface area contributed by atoms with Crippen LogP contribution in [0, 0.1) is 0 Å². The molecule has 6 nitrogen and oxygen atoms in total. The molecule has 3 heterocycles. The Morgan fingerprint density at radius 3 is 2.78 bits per heavy atom. The first-order valence-electron chi connectivity index (χ1n) is 8.00. The van der Waals surface area contributed by atoms with Crippen molar-refractivity contribution >= 4 is 16.8 Å². The molecule has 1 aromatic carbocycles. The lowest BCUT2D eigenvalue weighted by Crippen LogP contribution is -2.69. The van der Waals surface area contributed by atoms with Gasteiger partial charge in [-0.3, -0.25) is 14.5 Å². The van der Waals surface area contributed by atoms with Gasteiger partial charge in [-0.15, -0.1) is 0 Å². The number of fused-ring (bicyclic) bond motifs is 1. The van der Waals surface area contributed by atoms with Crippen molar-refractivity contribution in [2.45, 2.75) is 18.5 Å². The Balaban J connectivity index is 1.67. The van der Waals surface area contributed by atoms with Crippen LogP contribution in [0.5, 0.6) is 0 Å². The molecule has 0 aliphatic carbocycles. The van der Waals surface area contributed by atoms with E-state index in [0.29, 0.717) is 19.5 Å². The Hall–Kier alpha value is -2.18. The standard InChI is InChI=1S/C17H20N4O2/c22-15-8-17(10-18-11-17)21(6-5-19-15)9-13-7-12-3-1-2-4-14(12)20-16(13)23/h1-4,7,18H,5-6,8-11H2,(H,19,22)(H,20,23). The number of hydrogen-bond donors (Lipinski definition) is 3. The van der Waals surface area contributed by atoms with Crippen LogP contribution >= 0.6 is 0 Å². The Bertz CT molecular complexity index is 810. The lowest BCUT2D eigenvalue weighted by atomic mass is 9.86. The first kappa shape index (κ1) is 14.4. The van der Waals surface area contributed by atoms with E-state index in [9.17, 15) is 9.59 Å². The topological polar surface area (TPSA) is 77.2 Å². The van der Waals surface area contributed by atoms with Crippen LogP contribution in [0.15, 0.2) is 35.1 Å². The summed E-state index contributed by atoms with van der Waals surface area (Å²) < 4.78 is 0. The van der Waals surface area contributed by atoms with Crippen LogP contribution in [0.2, 0.25) is 0 Å². The van der Waals surface area contributed by atoms with Crippen LogP contribution in [-0.2, 0) is 11.3 Å². The maximum absolute atomic E-state index is 12.4. The van der Waals surface area contributed by atoms with Crippen molar-refractivity contribution in [3.8, 4) is 0 Å². The molecule has 0 saturated carbocycles. The fourth-order valence-corrected chi connectivity index (χ4v) is 3.57. The molecule has 0 atom stereocenters. The number of amides is 1. The van der Waals surface area contributed by atoms with E-state index in [0.717, 1.165) is 36.1 Å². The summed E-state index contributed by atoms with van der Waals surface area (Å²) in [5.41, 5.74) is 1.41. The molecular formula is C17H20N4O2. The van der Waals surface area contributed by atoms with Gasteiger partial charge in [0.1, 0.15) is 0 Å². The highest BCUT2D eigenvalue weighted by Crippen LogP contribution is 2.27. The van der Waals surface area contributed by atoms with E-state index in [-0.39, 0.29) is 17.0 Å². The van der Waals surface area contributed by atoms with Gasteiger partial charge in [-0.2, -0.15) is 0 Å². The molecule has 2 aliphatic rings. The Labute approximate surface area is 133 Å². The second kappa shape index (κ2) is 5.47. The molecule has 0 bridgehead atoms. The summed E-state index contributed by atoms with van der Waals surface area (Å²) in [5.74, 6) is 0.0985. The molecule has 0 unspecified atom stereocenters. The number of para-hydroxylation sites is 1. The zero-order chi connectivity index (χ0) is 15.9. The maximum atomic E-state index is 12.4. The summed E-state index contributed by atoms with van der Waals surface area (Å²) in [6, 6.07) is 9.76. The predicted molar refractivity (Wildman–Crippen MR) is 88.2 cm³/mol. The lowest BCUT2D eigenvalue weighted by molar-refractivity contribution is -0.123. The molecule has 2 fully saturated rings. The quantitative estimate of drug-likeness (QED) is 0.740. The zero-order valence-corrected chi connectivity index (χ0v) is 12.9. The summed E-state index contributed by atoms with van der Waals surface area (Å²) in [4.78, 5) is 29.5. The van der Waals surface area contributed by atoms with Crippen LogP contribution in [0.4, 0.5) is 0 Å². The van der Waals surface area contributed by atoms with Crippen molar-refractivity contribution in [3.05, 3.63) is 46.2 Å². The largest absolute Gasteiger partial charge is 0.355 e. The zero-order valence-electron chi connectivity index (χ0n) is 12.9. The van der Waals surface area contributed by atoms with Crippen molar-refractivity contribution in [1.29, 1.82) is 0 Å². The van der Waals surface area contributed by atoms with E-state index in [1.807, 2.05) is 30.3 Å². The number of rotatable bonds is 2. The highest BCUT2D eigenvalue weighted by Gasteiger charge is 2.45. The van der Waals surface area contributed by atoms with Gasteiger partial charge in [0, 0.05) is 50.2 Å². The second-order valence-electron chi connectivity index (χ2n) is 6.49. The fourth-order valence-electron chi connectivity index (χ4n) is 3.57. The number of hydrogen-bond acceptors (Lipinski definition) is 4. The number of benzene rings is 1. The average molecular weight is 312 g/mol. The van der Waals surface area contributed by atoms with Gasteiger partial charge in [-0.05, 0) is 17.5 Å². The van der Waals surface area contributed by atoms with Gasteiger partial charge in [-0.25, -0.2) is 0 Å². The summed E-state index contributed by atoms with van der Waals surface area (Å²) in [6.45, 7) is 3.56. The minimum atomic E-state index is -0.154. The number of aromatic nitrogens is 1. The summed E-state index contributed by atoms with van der Waals surface area (Å²) in [6.07, 6.45) is 0.492. The summed E-state index contributed by atoms with van der Waals surface area (Å²) >= 11 is 0. The van der Waals surface area contributed by atoms with Crippen molar-refractivity contribution in [3.63, 3.8) is 0 Å². The summed E-state index contributed by atoms with van der Waals surface area (Å²) in [5, 5.41) is 7.24. The third-order valence-corrected chi connectivity index (χ3v) is 4.96. The number of aromatic amines is 1. The first-order chi connectivity index (χ1) is 11.2. The number of carbonyl (C=O) groups is 1. The van der Waals surface area contributed by atoms with Crippen LogP contribution < -0.4 is 16.2 Å². The highest BCUT2D eigenvalue weighted by atomic mass is 16.1. The van der Waals surface area contributed by atoms with Crippen molar-refractivity contribution in [2.24, 2.45) is 0 Å². The molecule has 2 saturated heterocycles. The molecule has 6 heteroatoms. The van der Waals surface area contributed by atoms with Crippen molar-refractivity contribution in [1.82, 2.24) is 20.5 Å². The molecule has 1 spiro atoms. The normalized spacial score (nSPS) is 21.0. The number of pyridine rings is 1. The van der Waals surface area contributed by atoms with Gasteiger partial charge >= 0.3 is 0 Å². The average Bonchev–Trinajstić information content (AvgIpc) is 2.67. The third-order valence-electron chi connectivity index (χ3n) is 4.96. The lowest BCUT2D eigenvalue weighted by Gasteiger charge is -2.49. The molecule has 1 amide bonds.